The first-order valence-corrected chi connectivity index (χ1v) is 7.66. The lowest BCUT2D eigenvalue weighted by atomic mass is 9.78. The van der Waals surface area contributed by atoms with Crippen molar-refractivity contribution in [1.29, 1.82) is 0 Å². The summed E-state index contributed by atoms with van der Waals surface area (Å²) in [6.07, 6.45) is 2.85. The van der Waals surface area contributed by atoms with Crippen LogP contribution in [-0.4, -0.2) is 17.0 Å². The monoisotopic (exact) mass is 287 g/mol. The van der Waals surface area contributed by atoms with Gasteiger partial charge in [-0.25, -0.2) is 0 Å². The second kappa shape index (κ2) is 5.51. The van der Waals surface area contributed by atoms with Gasteiger partial charge in [0.05, 0.1) is 17.9 Å². The van der Waals surface area contributed by atoms with Gasteiger partial charge in [-0.1, -0.05) is 30.3 Å². The molecular formula is C17H21NO3. The topological polar surface area (TPSA) is 66.4 Å². The largest absolute Gasteiger partial charge is 0.481 e. The molecule has 2 aliphatic carbocycles. The molecule has 0 aromatic heterocycles. The summed E-state index contributed by atoms with van der Waals surface area (Å²) in [6, 6.07) is 9.67. The van der Waals surface area contributed by atoms with E-state index in [1.54, 1.807) is 0 Å². The quantitative estimate of drug-likeness (QED) is 0.894. The molecular weight excluding hydrogens is 266 g/mol. The van der Waals surface area contributed by atoms with Gasteiger partial charge in [0, 0.05) is 0 Å². The van der Waals surface area contributed by atoms with Gasteiger partial charge in [-0.05, 0) is 43.6 Å². The fourth-order valence-electron chi connectivity index (χ4n) is 4.16. The maximum atomic E-state index is 12.6. The summed E-state index contributed by atoms with van der Waals surface area (Å²) < 4.78 is 0. The Balaban J connectivity index is 1.72. The number of carboxylic acid groups (broad SMARTS) is 1. The third kappa shape index (κ3) is 2.55. The van der Waals surface area contributed by atoms with Gasteiger partial charge < -0.3 is 10.4 Å². The zero-order valence-electron chi connectivity index (χ0n) is 12.2. The number of aliphatic carboxylic acids is 1. The minimum absolute atomic E-state index is 0.0905. The van der Waals surface area contributed by atoms with Gasteiger partial charge in [-0.15, -0.1) is 0 Å². The van der Waals surface area contributed by atoms with E-state index in [2.05, 4.69) is 5.32 Å². The first-order chi connectivity index (χ1) is 10.1. The van der Waals surface area contributed by atoms with Gasteiger partial charge >= 0.3 is 5.97 Å². The summed E-state index contributed by atoms with van der Waals surface area (Å²) in [5, 5.41) is 12.4. The number of amides is 1. The van der Waals surface area contributed by atoms with E-state index < -0.39 is 11.9 Å². The van der Waals surface area contributed by atoms with Crippen LogP contribution in [0.4, 0.5) is 0 Å². The van der Waals surface area contributed by atoms with Crippen LogP contribution in [0.1, 0.15) is 37.8 Å². The van der Waals surface area contributed by atoms with Crippen molar-refractivity contribution in [3.63, 3.8) is 0 Å². The molecule has 5 atom stereocenters. The van der Waals surface area contributed by atoms with Crippen LogP contribution in [0.5, 0.6) is 0 Å². The van der Waals surface area contributed by atoms with Crippen molar-refractivity contribution in [3.8, 4) is 0 Å². The average molecular weight is 287 g/mol. The molecule has 3 rings (SSSR count). The Morgan fingerprint density at radius 2 is 1.76 bits per heavy atom. The standard InChI is InChI=1S/C17H21NO3/c1-10(11-5-3-2-4-6-11)18-16(19)14-12-7-8-13(9-12)15(14)17(20)21/h2-6,10,12-15H,7-9H2,1H3,(H,18,19)(H,20,21)/t10-,12+,13-,14+,15-/m0/s1. The molecule has 4 nitrogen and oxygen atoms in total. The molecule has 2 N–H and O–H groups in total. The lowest BCUT2D eigenvalue weighted by Crippen LogP contribution is -2.42. The fraction of sp³-hybridized carbons (Fsp3) is 0.529. The van der Waals surface area contributed by atoms with Crippen molar-refractivity contribution < 1.29 is 14.7 Å². The van der Waals surface area contributed by atoms with Crippen LogP contribution in [0.3, 0.4) is 0 Å². The molecule has 1 amide bonds. The molecule has 4 heteroatoms. The summed E-state index contributed by atoms with van der Waals surface area (Å²) >= 11 is 0. The van der Waals surface area contributed by atoms with E-state index >= 15 is 0 Å². The Hall–Kier alpha value is -1.84. The van der Waals surface area contributed by atoms with Crippen molar-refractivity contribution in [3.05, 3.63) is 35.9 Å². The lowest BCUT2D eigenvalue weighted by Gasteiger charge is -2.28. The van der Waals surface area contributed by atoms with E-state index in [1.807, 2.05) is 37.3 Å². The van der Waals surface area contributed by atoms with Crippen LogP contribution >= 0.6 is 0 Å². The summed E-state index contributed by atoms with van der Waals surface area (Å²) in [6.45, 7) is 1.94. The van der Waals surface area contributed by atoms with Gasteiger partial charge in [0.15, 0.2) is 0 Å². The SMILES string of the molecule is C[C@H](NC(=O)[C@@H]1[C@@H]2CC[C@@H](C2)[C@@H]1C(=O)O)c1ccccc1. The van der Waals surface area contributed by atoms with Gasteiger partial charge in [0.1, 0.15) is 0 Å². The highest BCUT2D eigenvalue weighted by atomic mass is 16.4. The zero-order valence-corrected chi connectivity index (χ0v) is 12.2. The fourth-order valence-corrected chi connectivity index (χ4v) is 4.16. The minimum atomic E-state index is -0.810. The summed E-state index contributed by atoms with van der Waals surface area (Å²) in [4.78, 5) is 24.0. The number of nitrogens with one attached hydrogen (secondary N) is 1. The lowest BCUT2D eigenvalue weighted by molar-refractivity contribution is -0.149. The number of carbonyl (C=O) groups is 2. The number of hydrogen-bond acceptors (Lipinski definition) is 2. The van der Waals surface area contributed by atoms with Crippen LogP contribution in [0.25, 0.3) is 0 Å². The third-order valence-electron chi connectivity index (χ3n) is 5.16. The molecule has 0 saturated heterocycles. The summed E-state index contributed by atoms with van der Waals surface area (Å²) in [5.41, 5.74) is 1.04. The van der Waals surface area contributed by atoms with E-state index in [0.717, 1.165) is 24.8 Å². The van der Waals surface area contributed by atoms with Crippen LogP contribution in [0.15, 0.2) is 30.3 Å². The molecule has 0 aliphatic heterocycles. The zero-order chi connectivity index (χ0) is 15.0. The Morgan fingerprint density at radius 1 is 1.14 bits per heavy atom. The van der Waals surface area contributed by atoms with E-state index in [1.165, 1.54) is 0 Å². The number of carbonyl (C=O) groups excluding carboxylic acids is 1. The Labute approximate surface area is 124 Å². The molecule has 2 fully saturated rings. The minimum Gasteiger partial charge on any atom is -0.481 e. The molecule has 0 unspecified atom stereocenters. The van der Waals surface area contributed by atoms with Crippen LogP contribution < -0.4 is 5.32 Å². The molecule has 2 bridgehead atoms. The second-order valence-electron chi connectivity index (χ2n) is 6.36. The number of rotatable bonds is 4. The number of fused-ring (bicyclic) bond motifs is 2. The average Bonchev–Trinajstić information content (AvgIpc) is 3.08. The van der Waals surface area contributed by atoms with Crippen molar-refractivity contribution in [2.45, 2.75) is 32.2 Å². The Morgan fingerprint density at radius 3 is 2.38 bits per heavy atom. The Kier molecular flexibility index (Phi) is 3.70. The van der Waals surface area contributed by atoms with Crippen LogP contribution in [0, 0.1) is 23.7 Å². The number of hydrogen-bond donors (Lipinski definition) is 2. The van der Waals surface area contributed by atoms with Crippen molar-refractivity contribution in [1.82, 2.24) is 5.32 Å². The van der Waals surface area contributed by atoms with Gasteiger partial charge in [0.25, 0.3) is 0 Å². The molecule has 2 aliphatic rings. The van der Waals surface area contributed by atoms with Crippen LogP contribution in [0.2, 0.25) is 0 Å². The van der Waals surface area contributed by atoms with Gasteiger partial charge in [-0.3, -0.25) is 9.59 Å². The van der Waals surface area contributed by atoms with E-state index in [9.17, 15) is 14.7 Å². The number of carboxylic acids is 1. The molecule has 21 heavy (non-hydrogen) atoms. The third-order valence-corrected chi connectivity index (χ3v) is 5.16. The summed E-state index contributed by atoms with van der Waals surface area (Å²) in [7, 11) is 0. The van der Waals surface area contributed by atoms with E-state index in [0.29, 0.717) is 0 Å². The highest BCUT2D eigenvalue weighted by molar-refractivity contribution is 5.86. The molecule has 1 aromatic carbocycles. The number of benzene rings is 1. The Bertz CT molecular complexity index is 542. The maximum absolute atomic E-state index is 12.6. The van der Waals surface area contributed by atoms with Gasteiger partial charge in [-0.2, -0.15) is 0 Å². The highest BCUT2D eigenvalue weighted by Crippen LogP contribution is 2.52. The normalized spacial score (nSPS) is 31.9. The first-order valence-electron chi connectivity index (χ1n) is 7.66. The van der Waals surface area contributed by atoms with Crippen molar-refractivity contribution in [2.24, 2.45) is 23.7 Å². The smallest absolute Gasteiger partial charge is 0.307 e. The molecule has 1 aromatic rings. The van der Waals surface area contributed by atoms with E-state index in [-0.39, 0.29) is 29.7 Å². The predicted molar refractivity (Wildman–Crippen MR) is 78.4 cm³/mol. The first kappa shape index (κ1) is 14.1. The molecule has 0 heterocycles. The summed E-state index contributed by atoms with van der Waals surface area (Å²) in [5.74, 6) is -1.31. The van der Waals surface area contributed by atoms with E-state index in [4.69, 9.17) is 0 Å². The molecule has 0 spiro atoms. The molecule has 2 saturated carbocycles. The maximum Gasteiger partial charge on any atom is 0.307 e. The van der Waals surface area contributed by atoms with Crippen molar-refractivity contribution >= 4 is 11.9 Å². The predicted octanol–water partition coefficient (Wildman–Crippen LogP) is 2.61. The van der Waals surface area contributed by atoms with Crippen LogP contribution in [-0.2, 0) is 9.59 Å². The van der Waals surface area contributed by atoms with Crippen molar-refractivity contribution in [2.75, 3.05) is 0 Å². The second-order valence-corrected chi connectivity index (χ2v) is 6.36. The molecule has 112 valence electrons. The highest BCUT2D eigenvalue weighted by Gasteiger charge is 2.54. The molecule has 0 radical (unpaired) electrons. The van der Waals surface area contributed by atoms with Gasteiger partial charge in [0.2, 0.25) is 5.91 Å².